The molecule has 1 aromatic heterocycles. The minimum absolute atomic E-state index is 0.0687. The summed E-state index contributed by atoms with van der Waals surface area (Å²) in [6.45, 7) is 8.76. The number of hydrogen-bond acceptors (Lipinski definition) is 6. The van der Waals surface area contributed by atoms with Gasteiger partial charge in [0, 0.05) is 51.2 Å². The second kappa shape index (κ2) is 8.71. The summed E-state index contributed by atoms with van der Waals surface area (Å²) in [4.78, 5) is 23.3. The first-order valence-electron chi connectivity index (χ1n) is 9.03. The van der Waals surface area contributed by atoms with Gasteiger partial charge in [0.05, 0.1) is 26.3 Å². The summed E-state index contributed by atoms with van der Waals surface area (Å²) < 4.78 is 5.86. The number of aliphatic hydroxyl groups is 1. The highest BCUT2D eigenvalue weighted by molar-refractivity contribution is 5.78. The Labute approximate surface area is 149 Å². The molecule has 3 rings (SSSR count). The van der Waals surface area contributed by atoms with Crippen molar-refractivity contribution < 1.29 is 14.6 Å². The summed E-state index contributed by atoms with van der Waals surface area (Å²) in [5, 5.41) is 9.00. The lowest BCUT2D eigenvalue weighted by Gasteiger charge is -2.37. The van der Waals surface area contributed by atoms with E-state index in [1.807, 2.05) is 24.0 Å². The molecule has 7 heteroatoms. The van der Waals surface area contributed by atoms with Gasteiger partial charge in [0.25, 0.3) is 0 Å². The minimum Gasteiger partial charge on any atom is -0.395 e. The van der Waals surface area contributed by atoms with Gasteiger partial charge in [-0.15, -0.1) is 0 Å². The molecule has 0 radical (unpaired) electrons. The number of amides is 1. The quantitative estimate of drug-likeness (QED) is 0.801. The van der Waals surface area contributed by atoms with E-state index in [0.29, 0.717) is 26.2 Å². The van der Waals surface area contributed by atoms with E-state index >= 15 is 0 Å². The predicted molar refractivity (Wildman–Crippen MR) is 94.2 cm³/mol. The van der Waals surface area contributed by atoms with Crippen molar-refractivity contribution in [1.82, 2.24) is 19.7 Å². The zero-order valence-electron chi connectivity index (χ0n) is 14.9. The summed E-state index contributed by atoms with van der Waals surface area (Å²) in [7, 11) is 0. The van der Waals surface area contributed by atoms with Gasteiger partial charge in [-0.25, -0.2) is 0 Å². The number of rotatable bonds is 5. The monoisotopic (exact) mass is 348 g/mol. The number of pyridine rings is 1. The smallest absolute Gasteiger partial charge is 0.236 e. The minimum atomic E-state index is -0.0687. The van der Waals surface area contributed by atoms with Crippen LogP contribution in [0, 0.1) is 6.92 Å². The summed E-state index contributed by atoms with van der Waals surface area (Å²) in [5.41, 5.74) is 2.05. The van der Waals surface area contributed by atoms with Gasteiger partial charge in [0.15, 0.2) is 0 Å². The Hall–Kier alpha value is -1.54. The van der Waals surface area contributed by atoms with Crippen LogP contribution in [0.4, 0.5) is 0 Å². The van der Waals surface area contributed by atoms with Crippen LogP contribution in [-0.2, 0) is 9.53 Å². The van der Waals surface area contributed by atoms with E-state index in [1.54, 1.807) is 6.20 Å². The van der Waals surface area contributed by atoms with Gasteiger partial charge in [-0.05, 0) is 24.6 Å². The molecule has 1 unspecified atom stereocenters. The van der Waals surface area contributed by atoms with E-state index in [0.717, 1.165) is 44.0 Å². The Balaban J connectivity index is 1.50. The van der Waals surface area contributed by atoms with E-state index in [-0.39, 0.29) is 18.6 Å². The van der Waals surface area contributed by atoms with E-state index < -0.39 is 0 Å². The van der Waals surface area contributed by atoms with Crippen LogP contribution in [0.2, 0.25) is 0 Å². The number of carbonyl (C=O) groups excluding carboxylic acids is 1. The SMILES string of the molecule is Cc1cc(C2CN(C(=O)CN3CCN(CCO)CC3)CCO2)ccn1. The lowest BCUT2D eigenvalue weighted by molar-refractivity contribution is -0.140. The third kappa shape index (κ3) is 4.98. The maximum absolute atomic E-state index is 12.7. The first kappa shape index (κ1) is 18.3. The van der Waals surface area contributed by atoms with Gasteiger partial charge in [-0.2, -0.15) is 0 Å². The van der Waals surface area contributed by atoms with Gasteiger partial charge in [-0.3, -0.25) is 19.6 Å². The summed E-state index contributed by atoms with van der Waals surface area (Å²) in [5.74, 6) is 0.176. The van der Waals surface area contributed by atoms with Gasteiger partial charge in [0.2, 0.25) is 5.91 Å². The summed E-state index contributed by atoms with van der Waals surface area (Å²) in [6, 6.07) is 3.99. The average molecular weight is 348 g/mol. The number of β-amino-alcohol motifs (C(OH)–C–C–N with tert-alkyl or cyclic N) is 1. The topological polar surface area (TPSA) is 69.1 Å². The number of morpholine rings is 1. The number of ether oxygens (including phenoxy) is 1. The fraction of sp³-hybridized carbons (Fsp3) is 0.667. The Morgan fingerprint density at radius 1 is 1.28 bits per heavy atom. The van der Waals surface area contributed by atoms with Gasteiger partial charge >= 0.3 is 0 Å². The number of aryl methyl sites for hydroxylation is 1. The van der Waals surface area contributed by atoms with Crippen LogP contribution < -0.4 is 0 Å². The van der Waals surface area contributed by atoms with Crippen LogP contribution in [0.5, 0.6) is 0 Å². The zero-order chi connectivity index (χ0) is 17.6. The molecule has 138 valence electrons. The molecule has 2 fully saturated rings. The lowest BCUT2D eigenvalue weighted by Crippen LogP contribution is -2.52. The molecule has 1 N–H and O–H groups in total. The fourth-order valence-corrected chi connectivity index (χ4v) is 3.45. The second-order valence-corrected chi connectivity index (χ2v) is 6.77. The first-order valence-corrected chi connectivity index (χ1v) is 9.03. The van der Waals surface area contributed by atoms with Crippen molar-refractivity contribution >= 4 is 5.91 Å². The molecule has 2 saturated heterocycles. The number of aromatic nitrogens is 1. The van der Waals surface area contributed by atoms with Crippen molar-refractivity contribution in [2.24, 2.45) is 0 Å². The zero-order valence-corrected chi connectivity index (χ0v) is 14.9. The van der Waals surface area contributed by atoms with Crippen molar-refractivity contribution in [2.45, 2.75) is 13.0 Å². The Morgan fingerprint density at radius 3 is 2.76 bits per heavy atom. The van der Waals surface area contributed by atoms with Crippen molar-refractivity contribution in [3.8, 4) is 0 Å². The molecule has 0 aromatic carbocycles. The standard InChI is InChI=1S/C18H28N4O3/c1-15-12-16(2-3-19-15)17-13-22(9-11-25-17)18(24)14-21-6-4-20(5-7-21)8-10-23/h2-3,12,17,23H,4-11,13-14H2,1H3. The lowest BCUT2D eigenvalue weighted by atomic mass is 10.1. The molecule has 2 aliphatic heterocycles. The third-order valence-electron chi connectivity index (χ3n) is 4.95. The highest BCUT2D eigenvalue weighted by Crippen LogP contribution is 2.22. The van der Waals surface area contributed by atoms with Crippen molar-refractivity contribution in [1.29, 1.82) is 0 Å². The maximum Gasteiger partial charge on any atom is 0.236 e. The fourth-order valence-electron chi connectivity index (χ4n) is 3.45. The molecule has 0 spiro atoms. The largest absolute Gasteiger partial charge is 0.395 e. The van der Waals surface area contributed by atoms with Gasteiger partial charge < -0.3 is 14.7 Å². The molecule has 0 bridgehead atoms. The molecular formula is C18H28N4O3. The number of aliphatic hydroxyl groups excluding tert-OH is 1. The molecule has 0 saturated carbocycles. The van der Waals surface area contributed by atoms with E-state index in [9.17, 15) is 4.79 Å². The Bertz CT molecular complexity index is 575. The molecule has 1 amide bonds. The van der Waals surface area contributed by atoms with Crippen LogP contribution in [0.1, 0.15) is 17.4 Å². The van der Waals surface area contributed by atoms with Crippen LogP contribution in [0.25, 0.3) is 0 Å². The van der Waals surface area contributed by atoms with E-state index in [4.69, 9.17) is 9.84 Å². The highest BCUT2D eigenvalue weighted by Gasteiger charge is 2.27. The predicted octanol–water partition coefficient (Wildman–Crippen LogP) is -0.100. The average Bonchev–Trinajstić information content (AvgIpc) is 2.64. The molecule has 2 aliphatic rings. The summed E-state index contributed by atoms with van der Waals surface area (Å²) in [6.07, 6.45) is 1.72. The third-order valence-corrected chi connectivity index (χ3v) is 4.95. The normalized spacial score (nSPS) is 23.0. The van der Waals surface area contributed by atoms with Crippen LogP contribution in [0.15, 0.2) is 18.3 Å². The molecule has 3 heterocycles. The summed E-state index contributed by atoms with van der Waals surface area (Å²) >= 11 is 0. The molecule has 1 aromatic rings. The van der Waals surface area contributed by atoms with Crippen LogP contribution in [-0.4, -0.2) is 96.3 Å². The van der Waals surface area contributed by atoms with Crippen molar-refractivity contribution in [2.75, 3.05) is 65.6 Å². The van der Waals surface area contributed by atoms with E-state index in [1.165, 1.54) is 0 Å². The van der Waals surface area contributed by atoms with Gasteiger partial charge in [0.1, 0.15) is 6.10 Å². The molecule has 1 atom stereocenters. The first-order chi connectivity index (χ1) is 12.2. The number of nitrogens with zero attached hydrogens (tertiary/aromatic N) is 4. The highest BCUT2D eigenvalue weighted by atomic mass is 16.5. The van der Waals surface area contributed by atoms with E-state index in [2.05, 4.69) is 14.8 Å². The Kier molecular flexibility index (Phi) is 6.36. The molecular weight excluding hydrogens is 320 g/mol. The molecule has 0 aliphatic carbocycles. The van der Waals surface area contributed by atoms with Crippen LogP contribution in [0.3, 0.4) is 0 Å². The maximum atomic E-state index is 12.7. The van der Waals surface area contributed by atoms with Crippen molar-refractivity contribution in [3.63, 3.8) is 0 Å². The number of carbonyl (C=O) groups is 1. The second-order valence-electron chi connectivity index (χ2n) is 6.77. The van der Waals surface area contributed by atoms with Gasteiger partial charge in [-0.1, -0.05) is 0 Å². The molecule has 25 heavy (non-hydrogen) atoms. The Morgan fingerprint density at radius 2 is 2.04 bits per heavy atom. The number of piperazine rings is 1. The molecule has 7 nitrogen and oxygen atoms in total. The number of hydrogen-bond donors (Lipinski definition) is 1. The van der Waals surface area contributed by atoms with Crippen molar-refractivity contribution in [3.05, 3.63) is 29.6 Å². The van der Waals surface area contributed by atoms with Crippen LogP contribution >= 0.6 is 0 Å².